The van der Waals surface area contributed by atoms with E-state index in [9.17, 15) is 9.59 Å². The molecule has 0 N–H and O–H groups in total. The number of para-hydroxylation sites is 1. The highest BCUT2D eigenvalue weighted by Crippen LogP contribution is 2.34. The van der Waals surface area contributed by atoms with E-state index in [2.05, 4.69) is 20.2 Å². The second-order valence-electron chi connectivity index (χ2n) is 4.42. The van der Waals surface area contributed by atoms with E-state index in [0.29, 0.717) is 5.01 Å². The van der Waals surface area contributed by atoms with Crippen LogP contribution in [0.15, 0.2) is 36.8 Å². The Balaban J connectivity index is 1.72. The maximum Gasteiger partial charge on any atom is 0.423 e. The molecule has 1 saturated heterocycles. The minimum absolute atomic E-state index is 0.0288. The Hall–Kier alpha value is -2.94. The molecule has 2 aromatic heterocycles. The van der Waals surface area contributed by atoms with Crippen LogP contribution in [0.1, 0.15) is 11.1 Å². The van der Waals surface area contributed by atoms with Gasteiger partial charge >= 0.3 is 6.09 Å². The van der Waals surface area contributed by atoms with E-state index in [1.165, 1.54) is 23.9 Å². The molecule has 1 fully saturated rings. The number of nitrogens with zero attached hydrogens (tertiary/aromatic N) is 5. The maximum atomic E-state index is 12.4. The first kappa shape index (κ1) is 12.8. The van der Waals surface area contributed by atoms with E-state index in [0.717, 1.165) is 15.1 Å². The molecule has 3 heterocycles. The van der Waals surface area contributed by atoms with E-state index in [4.69, 9.17) is 4.74 Å². The lowest BCUT2D eigenvalue weighted by atomic mass is 10.3. The highest BCUT2D eigenvalue weighted by Gasteiger charge is 2.45. The van der Waals surface area contributed by atoms with E-state index < -0.39 is 18.1 Å². The van der Waals surface area contributed by atoms with Crippen molar-refractivity contribution in [3.63, 3.8) is 0 Å². The number of hydrogen-bond donors (Lipinski definition) is 0. The summed E-state index contributed by atoms with van der Waals surface area (Å²) in [6, 6.07) is 7.46. The summed E-state index contributed by atoms with van der Waals surface area (Å²) in [5.41, 5.74) is 0.756. The molecule has 4 rings (SSSR count). The number of carbonyl (C=O) groups excluding carboxylic acids is 2. The van der Waals surface area contributed by atoms with Gasteiger partial charge in [-0.1, -0.05) is 12.1 Å². The summed E-state index contributed by atoms with van der Waals surface area (Å²) in [6.07, 6.45) is 0.608. The third kappa shape index (κ3) is 1.91. The predicted octanol–water partition coefficient (Wildman–Crippen LogP) is 1.71. The standard InChI is InChI=1S/C13H7N5O3S/c19-12-10(11-16-7-3-1-2-4-8(7)22-11)21-13(20)18(12)9-5-14-6-15-17-9/h1-6,10H. The first-order chi connectivity index (χ1) is 10.7. The number of carbonyl (C=O) groups is 2. The number of thiazole rings is 1. The molecule has 1 aromatic carbocycles. The molecule has 1 aliphatic heterocycles. The molecule has 0 spiro atoms. The Morgan fingerprint density at radius 2 is 2.09 bits per heavy atom. The van der Waals surface area contributed by atoms with Crippen LogP contribution in [-0.2, 0) is 9.53 Å². The predicted molar refractivity (Wildman–Crippen MR) is 76.2 cm³/mol. The summed E-state index contributed by atoms with van der Waals surface area (Å²) >= 11 is 1.31. The smallest absolute Gasteiger partial charge is 0.423 e. The summed E-state index contributed by atoms with van der Waals surface area (Å²) in [5.74, 6) is -0.521. The average molecular weight is 313 g/mol. The molecule has 1 aliphatic rings. The van der Waals surface area contributed by atoms with Crippen molar-refractivity contribution < 1.29 is 14.3 Å². The summed E-state index contributed by atoms with van der Waals surface area (Å²) in [6.45, 7) is 0. The molecule has 9 heteroatoms. The number of benzene rings is 1. The van der Waals surface area contributed by atoms with Crippen LogP contribution < -0.4 is 4.90 Å². The Morgan fingerprint density at radius 1 is 1.23 bits per heavy atom. The van der Waals surface area contributed by atoms with Gasteiger partial charge in [0.25, 0.3) is 5.91 Å². The number of ether oxygens (including phenoxy) is 1. The van der Waals surface area contributed by atoms with Gasteiger partial charge in [-0.25, -0.2) is 14.8 Å². The fourth-order valence-electron chi connectivity index (χ4n) is 2.12. The summed E-state index contributed by atoms with van der Waals surface area (Å²) in [5, 5.41) is 7.69. The van der Waals surface area contributed by atoms with Crippen molar-refractivity contribution in [1.82, 2.24) is 20.2 Å². The average Bonchev–Trinajstić information content (AvgIpc) is 3.09. The largest absolute Gasteiger partial charge is 0.428 e. The van der Waals surface area contributed by atoms with E-state index in [1.807, 2.05) is 24.3 Å². The molecule has 8 nitrogen and oxygen atoms in total. The summed E-state index contributed by atoms with van der Waals surface area (Å²) in [4.78, 5) is 33.3. The monoisotopic (exact) mass is 313 g/mol. The topological polar surface area (TPSA) is 98.2 Å². The number of anilines is 1. The molecule has 1 unspecified atom stereocenters. The summed E-state index contributed by atoms with van der Waals surface area (Å²) < 4.78 is 6.06. The van der Waals surface area contributed by atoms with Gasteiger partial charge < -0.3 is 4.74 Å². The molecule has 0 aliphatic carbocycles. The molecular formula is C13H7N5O3S. The lowest BCUT2D eigenvalue weighted by Gasteiger charge is -2.06. The fraction of sp³-hybridized carbons (Fsp3) is 0.0769. The van der Waals surface area contributed by atoms with Gasteiger partial charge in [-0.3, -0.25) is 4.79 Å². The number of hydrogen-bond acceptors (Lipinski definition) is 8. The lowest BCUT2D eigenvalue weighted by molar-refractivity contribution is -0.122. The van der Waals surface area contributed by atoms with E-state index in [1.54, 1.807) is 0 Å². The Kier molecular flexibility index (Phi) is 2.79. The van der Waals surface area contributed by atoms with E-state index >= 15 is 0 Å². The van der Waals surface area contributed by atoms with Gasteiger partial charge in [0.1, 0.15) is 11.3 Å². The van der Waals surface area contributed by atoms with Gasteiger partial charge in [-0.05, 0) is 12.1 Å². The number of imide groups is 1. The van der Waals surface area contributed by atoms with Gasteiger partial charge in [0, 0.05) is 0 Å². The Labute approximate surface area is 127 Å². The van der Waals surface area contributed by atoms with Gasteiger partial charge in [0.05, 0.1) is 16.4 Å². The van der Waals surface area contributed by atoms with Crippen LogP contribution in [0.25, 0.3) is 10.2 Å². The van der Waals surface area contributed by atoms with Crippen molar-refractivity contribution in [3.05, 3.63) is 41.8 Å². The number of cyclic esters (lactones) is 1. The van der Waals surface area contributed by atoms with Crippen molar-refractivity contribution in [1.29, 1.82) is 0 Å². The first-order valence-electron chi connectivity index (χ1n) is 6.27. The van der Waals surface area contributed by atoms with Crippen molar-refractivity contribution in [2.75, 3.05) is 4.90 Å². The maximum absolute atomic E-state index is 12.4. The third-order valence-electron chi connectivity index (χ3n) is 3.08. The second kappa shape index (κ2) is 4.81. The Bertz CT molecular complexity index is 849. The van der Waals surface area contributed by atoms with Crippen LogP contribution in [0.5, 0.6) is 0 Å². The zero-order valence-electron chi connectivity index (χ0n) is 10.9. The van der Waals surface area contributed by atoms with Crippen LogP contribution in [0.3, 0.4) is 0 Å². The van der Waals surface area contributed by atoms with Crippen LogP contribution in [0.2, 0.25) is 0 Å². The van der Waals surface area contributed by atoms with Crippen molar-refractivity contribution >= 4 is 39.4 Å². The van der Waals surface area contributed by atoms with Crippen LogP contribution in [-0.4, -0.2) is 32.2 Å². The zero-order valence-corrected chi connectivity index (χ0v) is 11.7. The minimum Gasteiger partial charge on any atom is -0.428 e. The Morgan fingerprint density at radius 3 is 2.86 bits per heavy atom. The van der Waals surface area contributed by atoms with Gasteiger partial charge in [-0.2, -0.15) is 4.90 Å². The van der Waals surface area contributed by atoms with Crippen molar-refractivity contribution in [2.24, 2.45) is 0 Å². The molecule has 1 atom stereocenters. The highest BCUT2D eigenvalue weighted by atomic mass is 32.1. The van der Waals surface area contributed by atoms with Crippen molar-refractivity contribution in [3.8, 4) is 0 Å². The molecule has 0 saturated carbocycles. The fourth-order valence-corrected chi connectivity index (χ4v) is 3.11. The normalized spacial score (nSPS) is 18.0. The highest BCUT2D eigenvalue weighted by molar-refractivity contribution is 7.18. The summed E-state index contributed by atoms with van der Waals surface area (Å²) in [7, 11) is 0. The molecular weight excluding hydrogens is 306 g/mol. The number of rotatable bonds is 2. The molecule has 0 bridgehead atoms. The SMILES string of the molecule is O=C1OC(c2nc3ccccc3s2)C(=O)N1c1cncnn1. The first-order valence-corrected chi connectivity index (χ1v) is 7.08. The lowest BCUT2D eigenvalue weighted by Crippen LogP contribution is -2.30. The molecule has 22 heavy (non-hydrogen) atoms. The molecule has 2 amide bonds. The molecule has 3 aromatic rings. The minimum atomic E-state index is -1.06. The van der Waals surface area contributed by atoms with Gasteiger partial charge in [0.2, 0.25) is 6.10 Å². The van der Waals surface area contributed by atoms with Crippen LogP contribution in [0, 0.1) is 0 Å². The molecule has 108 valence electrons. The number of aromatic nitrogens is 4. The van der Waals surface area contributed by atoms with E-state index in [-0.39, 0.29) is 5.82 Å². The van der Waals surface area contributed by atoms with Gasteiger partial charge in [0.15, 0.2) is 5.82 Å². The number of amides is 2. The van der Waals surface area contributed by atoms with Crippen LogP contribution in [0.4, 0.5) is 10.6 Å². The van der Waals surface area contributed by atoms with Gasteiger partial charge in [-0.15, -0.1) is 21.5 Å². The second-order valence-corrected chi connectivity index (χ2v) is 5.49. The zero-order chi connectivity index (χ0) is 15.1. The third-order valence-corrected chi connectivity index (χ3v) is 4.16. The molecule has 0 radical (unpaired) electrons. The van der Waals surface area contributed by atoms with Crippen LogP contribution >= 0.6 is 11.3 Å². The van der Waals surface area contributed by atoms with Crippen molar-refractivity contribution in [2.45, 2.75) is 6.10 Å². The quantitative estimate of drug-likeness (QED) is 0.710. The number of fused-ring (bicyclic) bond motifs is 1.